The number of anilines is 1. The molecule has 0 radical (unpaired) electrons. The Morgan fingerprint density at radius 2 is 2.04 bits per heavy atom. The number of ether oxygens (including phenoxy) is 1. The number of hydrogen-bond acceptors (Lipinski definition) is 5. The molecule has 1 aromatic rings. The van der Waals surface area contributed by atoms with E-state index in [4.69, 9.17) is 4.74 Å². The molecule has 1 aliphatic rings. The molecule has 24 heavy (non-hydrogen) atoms. The second-order valence-electron chi connectivity index (χ2n) is 6.11. The van der Waals surface area contributed by atoms with E-state index < -0.39 is 10.0 Å². The van der Waals surface area contributed by atoms with Crippen LogP contribution in [0.5, 0.6) is 5.75 Å². The molecule has 2 atom stereocenters. The molecule has 1 amide bonds. The van der Waals surface area contributed by atoms with Crippen molar-refractivity contribution in [3.63, 3.8) is 0 Å². The molecule has 2 rings (SSSR count). The monoisotopic (exact) mass is 355 g/mol. The molecule has 8 heteroatoms. The minimum absolute atomic E-state index is 0.0719. The van der Waals surface area contributed by atoms with Crippen molar-refractivity contribution in [2.45, 2.75) is 25.8 Å². The lowest BCUT2D eigenvalue weighted by Gasteiger charge is -2.27. The van der Waals surface area contributed by atoms with Gasteiger partial charge in [-0.1, -0.05) is 0 Å². The van der Waals surface area contributed by atoms with Gasteiger partial charge in [-0.05, 0) is 50.6 Å². The van der Waals surface area contributed by atoms with E-state index in [0.29, 0.717) is 30.6 Å². The normalized spacial score (nSPS) is 21.1. The quantitative estimate of drug-likeness (QED) is 0.633. The third-order valence-electron chi connectivity index (χ3n) is 3.82. The van der Waals surface area contributed by atoms with E-state index >= 15 is 0 Å². The van der Waals surface area contributed by atoms with Crippen molar-refractivity contribution < 1.29 is 17.9 Å². The van der Waals surface area contributed by atoms with Gasteiger partial charge >= 0.3 is 0 Å². The van der Waals surface area contributed by atoms with E-state index in [1.165, 1.54) is 0 Å². The third kappa shape index (κ3) is 6.37. The Bertz CT molecular complexity index is 646. The summed E-state index contributed by atoms with van der Waals surface area (Å²) in [4.78, 5) is 12.1. The first-order valence-electron chi connectivity index (χ1n) is 8.05. The summed E-state index contributed by atoms with van der Waals surface area (Å²) < 4.78 is 30.2. The van der Waals surface area contributed by atoms with E-state index in [1.54, 1.807) is 24.3 Å². The maximum atomic E-state index is 12.1. The fraction of sp³-hybridized carbons (Fsp3) is 0.562. The average Bonchev–Trinajstić information content (AvgIpc) is 2.51. The van der Waals surface area contributed by atoms with Gasteiger partial charge < -0.3 is 15.4 Å². The number of carbonyl (C=O) groups is 1. The zero-order valence-electron chi connectivity index (χ0n) is 14.0. The van der Waals surface area contributed by atoms with Gasteiger partial charge in [-0.3, -0.25) is 9.52 Å². The van der Waals surface area contributed by atoms with Crippen LogP contribution >= 0.6 is 0 Å². The number of hydrogen-bond donors (Lipinski definition) is 3. The Hall–Kier alpha value is -1.80. The van der Waals surface area contributed by atoms with Crippen LogP contribution in [0.4, 0.5) is 5.69 Å². The predicted molar refractivity (Wildman–Crippen MR) is 93.6 cm³/mol. The van der Waals surface area contributed by atoms with Gasteiger partial charge in [0.25, 0.3) is 0 Å². The molecule has 134 valence electrons. The molecule has 7 nitrogen and oxygen atoms in total. The van der Waals surface area contributed by atoms with Gasteiger partial charge in [0.05, 0.1) is 12.8 Å². The summed E-state index contributed by atoms with van der Waals surface area (Å²) in [6.07, 6.45) is 2.83. The molecular weight excluding hydrogens is 330 g/mol. The smallest absolute Gasteiger partial charge is 0.229 e. The summed E-state index contributed by atoms with van der Waals surface area (Å²) in [6.45, 7) is 3.78. The first kappa shape index (κ1) is 18.5. The maximum Gasteiger partial charge on any atom is 0.229 e. The molecule has 0 saturated carbocycles. The van der Waals surface area contributed by atoms with E-state index in [2.05, 4.69) is 22.3 Å². The summed E-state index contributed by atoms with van der Waals surface area (Å²) in [6, 6.07) is 7.01. The van der Waals surface area contributed by atoms with Crippen molar-refractivity contribution in [1.82, 2.24) is 10.6 Å². The average molecular weight is 355 g/mol. The fourth-order valence-electron chi connectivity index (χ4n) is 2.69. The number of benzene rings is 1. The highest BCUT2D eigenvalue weighted by atomic mass is 32.2. The molecule has 1 saturated heterocycles. The Morgan fingerprint density at radius 1 is 1.33 bits per heavy atom. The zero-order valence-corrected chi connectivity index (χ0v) is 14.9. The molecule has 0 aromatic heterocycles. The van der Waals surface area contributed by atoms with Crippen molar-refractivity contribution in [2.75, 3.05) is 30.7 Å². The van der Waals surface area contributed by atoms with Crippen LogP contribution in [0.25, 0.3) is 0 Å². The number of sulfonamides is 1. The predicted octanol–water partition coefficient (Wildman–Crippen LogP) is 0.941. The van der Waals surface area contributed by atoms with Crippen LogP contribution in [0.3, 0.4) is 0 Å². The summed E-state index contributed by atoms with van der Waals surface area (Å²) in [5.41, 5.74) is 0.484. The molecule has 0 bridgehead atoms. The fourth-order valence-corrected chi connectivity index (χ4v) is 3.26. The lowest BCUT2D eigenvalue weighted by molar-refractivity contribution is -0.126. The second kappa shape index (κ2) is 8.34. The summed E-state index contributed by atoms with van der Waals surface area (Å²) >= 11 is 0. The Morgan fingerprint density at radius 3 is 2.67 bits per heavy atom. The Kier molecular flexibility index (Phi) is 6.44. The molecular formula is C16H25N3O4S. The number of nitrogens with one attached hydrogen (secondary N) is 3. The van der Waals surface area contributed by atoms with E-state index in [0.717, 1.165) is 25.6 Å². The second-order valence-corrected chi connectivity index (χ2v) is 7.86. The minimum Gasteiger partial charge on any atom is -0.492 e. The van der Waals surface area contributed by atoms with Crippen molar-refractivity contribution in [2.24, 2.45) is 5.92 Å². The lowest BCUT2D eigenvalue weighted by atomic mass is 9.92. The van der Waals surface area contributed by atoms with Gasteiger partial charge in [-0.2, -0.15) is 0 Å². The van der Waals surface area contributed by atoms with Crippen LogP contribution in [-0.4, -0.2) is 46.3 Å². The molecule has 3 N–H and O–H groups in total. The number of carbonyl (C=O) groups excluding carboxylic acids is 1. The number of rotatable bonds is 7. The topological polar surface area (TPSA) is 96.5 Å². The molecule has 1 aromatic carbocycles. The van der Waals surface area contributed by atoms with Crippen LogP contribution in [0, 0.1) is 5.92 Å². The number of piperidine rings is 1. The van der Waals surface area contributed by atoms with Crippen molar-refractivity contribution in [3.05, 3.63) is 24.3 Å². The van der Waals surface area contributed by atoms with Crippen molar-refractivity contribution >= 4 is 21.6 Å². The largest absolute Gasteiger partial charge is 0.492 e. The standard InChI is InChI=1S/C16H25N3O4S/c1-12-11-13(7-8-17-12)16(20)18-9-10-23-15-5-3-14(4-6-15)19-24(2,21)22/h3-6,12-13,17,19H,7-11H2,1-2H3,(H,18,20)/t12-,13-/m0/s1. The van der Waals surface area contributed by atoms with Crippen LogP contribution in [-0.2, 0) is 14.8 Å². The summed E-state index contributed by atoms with van der Waals surface area (Å²) in [7, 11) is -3.28. The SMILES string of the molecule is C[C@H]1C[C@@H](C(=O)NCCOc2ccc(NS(C)(=O)=O)cc2)CCN1. The van der Waals surface area contributed by atoms with Crippen LogP contribution in [0.15, 0.2) is 24.3 Å². The van der Waals surface area contributed by atoms with Gasteiger partial charge in [-0.15, -0.1) is 0 Å². The summed E-state index contributed by atoms with van der Waals surface area (Å²) in [5, 5.41) is 6.23. The number of amides is 1. The molecule has 0 spiro atoms. The molecule has 1 heterocycles. The van der Waals surface area contributed by atoms with Crippen LogP contribution in [0.2, 0.25) is 0 Å². The maximum absolute atomic E-state index is 12.1. The van der Waals surface area contributed by atoms with E-state index in [9.17, 15) is 13.2 Å². The summed E-state index contributed by atoms with van der Waals surface area (Å²) in [5.74, 6) is 0.779. The Balaban J connectivity index is 1.69. The van der Waals surface area contributed by atoms with Gasteiger partial charge in [0, 0.05) is 17.6 Å². The van der Waals surface area contributed by atoms with Crippen molar-refractivity contribution in [1.29, 1.82) is 0 Å². The minimum atomic E-state index is -3.28. The van der Waals surface area contributed by atoms with E-state index in [-0.39, 0.29) is 11.8 Å². The highest BCUT2D eigenvalue weighted by molar-refractivity contribution is 7.92. The van der Waals surface area contributed by atoms with Gasteiger partial charge in [0.2, 0.25) is 15.9 Å². The lowest BCUT2D eigenvalue weighted by Crippen LogP contribution is -2.43. The third-order valence-corrected chi connectivity index (χ3v) is 4.43. The molecule has 1 aliphatic heterocycles. The van der Waals surface area contributed by atoms with Crippen LogP contribution < -0.4 is 20.1 Å². The van der Waals surface area contributed by atoms with E-state index in [1.807, 2.05) is 0 Å². The highest BCUT2D eigenvalue weighted by Crippen LogP contribution is 2.17. The van der Waals surface area contributed by atoms with Crippen molar-refractivity contribution in [3.8, 4) is 5.75 Å². The van der Waals surface area contributed by atoms with Gasteiger partial charge in [-0.25, -0.2) is 8.42 Å². The Labute approximate surface area is 143 Å². The zero-order chi connectivity index (χ0) is 17.6. The molecule has 0 unspecified atom stereocenters. The first-order valence-corrected chi connectivity index (χ1v) is 9.94. The van der Waals surface area contributed by atoms with Gasteiger partial charge in [0.1, 0.15) is 12.4 Å². The van der Waals surface area contributed by atoms with Gasteiger partial charge in [0.15, 0.2) is 0 Å². The molecule has 0 aliphatic carbocycles. The first-order chi connectivity index (χ1) is 11.3. The molecule has 1 fully saturated rings. The van der Waals surface area contributed by atoms with Crippen LogP contribution in [0.1, 0.15) is 19.8 Å². The highest BCUT2D eigenvalue weighted by Gasteiger charge is 2.24.